The van der Waals surface area contributed by atoms with Crippen LogP contribution < -0.4 is 15.5 Å². The summed E-state index contributed by atoms with van der Waals surface area (Å²) in [6.07, 6.45) is -2.81. The Balaban J connectivity index is 0.000000153. The fourth-order valence-electron chi connectivity index (χ4n) is 9.86. The molecule has 5 saturated heterocycles. The number of anilines is 3. The van der Waals surface area contributed by atoms with Gasteiger partial charge in [0.25, 0.3) is 0 Å². The minimum Gasteiger partial charge on any atom is -0.399 e. The van der Waals surface area contributed by atoms with Crippen molar-refractivity contribution in [2.24, 2.45) is 16.7 Å². The van der Waals surface area contributed by atoms with Crippen LogP contribution in [0, 0.1) is 16.7 Å². The Labute approximate surface area is 346 Å². The molecule has 5 aromatic rings. The summed E-state index contributed by atoms with van der Waals surface area (Å²) in [5.41, 5.74) is 8.44. The second-order valence-corrected chi connectivity index (χ2v) is 19.5. The summed E-state index contributed by atoms with van der Waals surface area (Å²) in [6.45, 7) is 11.7. The topological polar surface area (TPSA) is 99.8 Å². The summed E-state index contributed by atoms with van der Waals surface area (Å²) in [7, 11) is 0. The Morgan fingerprint density at radius 2 is 1.27 bits per heavy atom. The first-order valence-electron chi connectivity index (χ1n) is 20.2. The predicted octanol–water partition coefficient (Wildman–Crippen LogP) is 7.83. The normalized spacial score (nSPS) is 22.7. The minimum absolute atomic E-state index is 0.197. The van der Waals surface area contributed by atoms with Gasteiger partial charge in [0, 0.05) is 98.4 Å². The van der Waals surface area contributed by atoms with E-state index < -0.39 is 25.2 Å². The van der Waals surface area contributed by atoms with Crippen LogP contribution in [0.15, 0.2) is 49.1 Å². The number of nitrogens with two attached hydrogens (primary N) is 1. The minimum atomic E-state index is -4.22. The average Bonchev–Trinajstić information content (AvgIpc) is 3.94. The van der Waals surface area contributed by atoms with E-state index in [9.17, 15) is 26.3 Å². The van der Waals surface area contributed by atoms with Gasteiger partial charge in [0.05, 0.1) is 23.6 Å². The van der Waals surface area contributed by atoms with Crippen LogP contribution >= 0.6 is 22.7 Å². The SMILES string of the molecule is FC(F)(F)Cc1cc2c(N3CC4(CN(CC5CCOCC5)C4)C3)ncnc2s1.Nc1cccc(CN2CCC3(CCN(c4ncnc5sc(CC(F)(F)F)cc45)C3)C2)c1. The molecule has 5 aliphatic rings. The standard InChI is InChI=1S/C22H24F3N5S.C19H23F3N4OS/c23-22(24,25)10-17-9-18-19(27-14-28-20(18)31-17)30-7-5-21(13-30)4-6-29(12-21)11-15-2-1-3-16(26)8-15;20-19(21,22)6-14-5-15-16(23-12-24-17(15)28-14)26-10-18(11-26)8-25(9-18)7-13-1-3-27-4-2-13/h1-3,8-9,14H,4-7,10-13,26H2;5,12-13H,1-4,6-11H2. The maximum Gasteiger partial charge on any atom is 0.393 e. The first-order valence-corrected chi connectivity index (χ1v) is 21.8. The number of rotatable bonds is 8. The molecule has 1 unspecified atom stereocenters. The van der Waals surface area contributed by atoms with Crippen LogP contribution in [0.1, 0.15) is 41.0 Å². The lowest BCUT2D eigenvalue weighted by Crippen LogP contribution is -2.72. The van der Waals surface area contributed by atoms with Crippen LogP contribution in [0.5, 0.6) is 0 Å². The first kappa shape index (κ1) is 40.6. The van der Waals surface area contributed by atoms with Gasteiger partial charge >= 0.3 is 12.4 Å². The van der Waals surface area contributed by atoms with Gasteiger partial charge in [-0.05, 0) is 68.0 Å². The quantitative estimate of drug-likeness (QED) is 0.123. The monoisotopic (exact) mass is 859 g/mol. The van der Waals surface area contributed by atoms with Gasteiger partial charge in [-0.25, -0.2) is 19.9 Å². The highest BCUT2D eigenvalue weighted by Gasteiger charge is 2.52. The van der Waals surface area contributed by atoms with Gasteiger partial charge in [0.1, 0.15) is 34.0 Å². The Bertz CT molecular complexity index is 2260. The summed E-state index contributed by atoms with van der Waals surface area (Å²) in [6, 6.07) is 11.3. The number of halogens is 6. The summed E-state index contributed by atoms with van der Waals surface area (Å²) in [4.78, 5) is 28.5. The Morgan fingerprint density at radius 1 is 0.695 bits per heavy atom. The smallest absolute Gasteiger partial charge is 0.393 e. The van der Waals surface area contributed by atoms with Crippen LogP contribution in [-0.2, 0) is 24.1 Å². The van der Waals surface area contributed by atoms with E-state index in [1.165, 1.54) is 18.2 Å². The van der Waals surface area contributed by atoms with Crippen molar-refractivity contribution in [3.63, 3.8) is 0 Å². The molecule has 9 heterocycles. The summed E-state index contributed by atoms with van der Waals surface area (Å²) < 4.78 is 82.1. The van der Waals surface area contributed by atoms with Gasteiger partial charge in [-0.15, -0.1) is 22.7 Å². The fraction of sp³-hybridized carbons (Fsp3) is 0.561. The van der Waals surface area contributed by atoms with Crippen molar-refractivity contribution >= 4 is 60.4 Å². The molecule has 1 aromatic carbocycles. The van der Waals surface area contributed by atoms with E-state index in [1.807, 2.05) is 18.2 Å². The van der Waals surface area contributed by atoms with Gasteiger partial charge in [-0.1, -0.05) is 12.1 Å². The Kier molecular flexibility index (Phi) is 10.9. The molecule has 2 spiro atoms. The first-order chi connectivity index (χ1) is 28.2. The zero-order valence-corrected chi connectivity index (χ0v) is 34.2. The second kappa shape index (κ2) is 15.9. The molecule has 5 aliphatic heterocycles. The number of fused-ring (bicyclic) bond motifs is 2. The number of aromatic nitrogens is 4. The number of nitrogens with zero attached hydrogens (tertiary/aromatic N) is 8. The highest BCUT2D eigenvalue weighted by atomic mass is 32.1. The molecule has 0 saturated carbocycles. The summed E-state index contributed by atoms with van der Waals surface area (Å²) in [5, 5.41) is 1.48. The van der Waals surface area contributed by atoms with Crippen molar-refractivity contribution in [2.75, 3.05) is 87.7 Å². The fourth-order valence-corrected chi connectivity index (χ4v) is 11.9. The predicted molar refractivity (Wildman–Crippen MR) is 219 cm³/mol. The maximum atomic E-state index is 12.8. The molecule has 2 N–H and O–H groups in total. The van der Waals surface area contributed by atoms with E-state index in [1.54, 1.807) is 12.1 Å². The molecule has 5 fully saturated rings. The van der Waals surface area contributed by atoms with Crippen molar-refractivity contribution in [3.8, 4) is 0 Å². The van der Waals surface area contributed by atoms with Gasteiger partial charge in [0.2, 0.25) is 0 Å². The van der Waals surface area contributed by atoms with Gasteiger partial charge in [0.15, 0.2) is 0 Å². The molecule has 10 rings (SSSR count). The van der Waals surface area contributed by atoms with E-state index in [2.05, 4.69) is 45.6 Å². The Morgan fingerprint density at radius 3 is 1.88 bits per heavy atom. The van der Waals surface area contributed by atoms with Gasteiger partial charge < -0.3 is 25.2 Å². The van der Waals surface area contributed by atoms with Crippen molar-refractivity contribution in [2.45, 2.75) is 57.4 Å². The highest BCUT2D eigenvalue weighted by molar-refractivity contribution is 7.19. The average molecular weight is 860 g/mol. The number of likely N-dealkylation sites (tertiary alicyclic amines) is 2. The number of alkyl halides is 6. The Hall–Kier alpha value is -3.84. The number of thiophene rings is 2. The van der Waals surface area contributed by atoms with Crippen LogP contribution in [-0.4, -0.2) is 114 Å². The lowest BCUT2D eigenvalue weighted by atomic mass is 9.72. The number of benzene rings is 1. The molecular weight excluding hydrogens is 813 g/mol. The molecular formula is C41H47F6N9OS2. The third kappa shape index (κ3) is 9.26. The summed E-state index contributed by atoms with van der Waals surface area (Å²) >= 11 is 2.22. The lowest BCUT2D eigenvalue weighted by Gasteiger charge is -2.61. The van der Waals surface area contributed by atoms with E-state index in [-0.39, 0.29) is 10.3 Å². The molecule has 0 radical (unpaired) electrons. The zero-order chi connectivity index (χ0) is 41.0. The molecule has 18 heteroatoms. The lowest BCUT2D eigenvalue weighted by molar-refractivity contribution is -0.127. The van der Waals surface area contributed by atoms with Crippen molar-refractivity contribution < 1.29 is 31.1 Å². The van der Waals surface area contributed by atoms with E-state index in [0.717, 1.165) is 161 Å². The molecule has 0 amide bonds. The number of nitrogen functional groups attached to an aromatic ring is 1. The maximum absolute atomic E-state index is 12.8. The highest BCUT2D eigenvalue weighted by Crippen LogP contribution is 2.45. The molecule has 1 atom stereocenters. The number of ether oxygens (including phenoxy) is 1. The second-order valence-electron chi connectivity index (χ2n) is 17.3. The number of hydrogen-bond acceptors (Lipinski definition) is 12. The third-order valence-corrected chi connectivity index (χ3v) is 14.5. The van der Waals surface area contributed by atoms with Crippen LogP contribution in [0.3, 0.4) is 0 Å². The largest absolute Gasteiger partial charge is 0.399 e. The van der Waals surface area contributed by atoms with Gasteiger partial charge in [-0.2, -0.15) is 26.3 Å². The number of hydrogen-bond donors (Lipinski definition) is 1. The van der Waals surface area contributed by atoms with Crippen molar-refractivity contribution in [1.29, 1.82) is 0 Å². The summed E-state index contributed by atoms with van der Waals surface area (Å²) in [5.74, 6) is 2.30. The molecule has 316 valence electrons. The van der Waals surface area contributed by atoms with E-state index in [4.69, 9.17) is 10.5 Å². The third-order valence-electron chi connectivity index (χ3n) is 12.4. The van der Waals surface area contributed by atoms with Crippen LogP contribution in [0.2, 0.25) is 0 Å². The van der Waals surface area contributed by atoms with Crippen molar-refractivity contribution in [3.05, 3.63) is 64.4 Å². The van der Waals surface area contributed by atoms with Gasteiger partial charge in [-0.3, -0.25) is 4.90 Å². The van der Waals surface area contributed by atoms with Crippen LogP contribution in [0.4, 0.5) is 43.7 Å². The molecule has 0 bridgehead atoms. The van der Waals surface area contributed by atoms with Crippen molar-refractivity contribution in [1.82, 2.24) is 29.7 Å². The molecule has 10 nitrogen and oxygen atoms in total. The zero-order valence-electron chi connectivity index (χ0n) is 32.6. The molecule has 4 aromatic heterocycles. The van der Waals surface area contributed by atoms with Crippen LogP contribution in [0.25, 0.3) is 20.4 Å². The van der Waals surface area contributed by atoms with E-state index >= 15 is 0 Å². The molecule has 0 aliphatic carbocycles. The molecule has 59 heavy (non-hydrogen) atoms. The van der Waals surface area contributed by atoms with E-state index in [0.29, 0.717) is 20.0 Å².